The largest absolute Gasteiger partial charge is 0.342 e. The highest BCUT2D eigenvalue weighted by Gasteiger charge is 2.67. The average molecular weight is 474 g/mol. The number of rotatable bonds is 13. The summed E-state index contributed by atoms with van der Waals surface area (Å²) >= 11 is 0. The molecule has 3 atom stereocenters. The van der Waals surface area contributed by atoms with Gasteiger partial charge in [0.2, 0.25) is 0 Å². The molecule has 0 bridgehead atoms. The Balaban J connectivity index is 1.59. The first-order chi connectivity index (χ1) is 16.7. The first kappa shape index (κ1) is 24.7. The van der Waals surface area contributed by atoms with Crippen LogP contribution < -0.4 is 4.90 Å². The van der Waals surface area contributed by atoms with Crippen LogP contribution in [0.4, 0.5) is 5.69 Å². The van der Waals surface area contributed by atoms with E-state index in [0.29, 0.717) is 0 Å². The second kappa shape index (κ2) is 11.8. The van der Waals surface area contributed by atoms with Gasteiger partial charge in [-0.1, -0.05) is 125 Å². The average Bonchev–Trinajstić information content (AvgIpc) is 3.56. The molecule has 0 spiro atoms. The molecular formula is C31H39NOS. The van der Waals surface area contributed by atoms with Crippen molar-refractivity contribution in [2.75, 3.05) is 4.90 Å². The molecule has 34 heavy (non-hydrogen) atoms. The lowest BCUT2D eigenvalue weighted by Crippen LogP contribution is -2.25. The zero-order chi connectivity index (χ0) is 23.8. The lowest BCUT2D eigenvalue weighted by molar-refractivity contribution is 0.551. The minimum absolute atomic E-state index is 0.128. The number of anilines is 1. The van der Waals surface area contributed by atoms with Gasteiger partial charge in [-0.3, -0.25) is 4.21 Å². The maximum absolute atomic E-state index is 14.3. The highest BCUT2D eigenvalue weighted by atomic mass is 32.2. The van der Waals surface area contributed by atoms with Gasteiger partial charge >= 0.3 is 0 Å². The Morgan fingerprint density at radius 1 is 0.735 bits per heavy atom. The fourth-order valence-electron chi connectivity index (χ4n) is 5.23. The van der Waals surface area contributed by atoms with Crippen LogP contribution >= 0.6 is 0 Å². The molecule has 0 aliphatic carbocycles. The van der Waals surface area contributed by atoms with Gasteiger partial charge in [0.25, 0.3) is 0 Å². The van der Waals surface area contributed by atoms with Crippen molar-refractivity contribution in [3.05, 3.63) is 96.1 Å². The van der Waals surface area contributed by atoms with Gasteiger partial charge in [-0.2, -0.15) is 0 Å². The predicted octanol–water partition coefficient (Wildman–Crippen LogP) is 8.59. The Morgan fingerprint density at radius 2 is 1.29 bits per heavy atom. The Hall–Kier alpha value is -2.39. The van der Waals surface area contributed by atoms with Gasteiger partial charge < -0.3 is 4.90 Å². The monoisotopic (exact) mass is 473 g/mol. The molecule has 1 fully saturated rings. The second-order valence-corrected chi connectivity index (χ2v) is 11.4. The van der Waals surface area contributed by atoms with E-state index in [9.17, 15) is 4.21 Å². The van der Waals surface area contributed by atoms with Gasteiger partial charge in [0, 0.05) is 10.6 Å². The summed E-state index contributed by atoms with van der Waals surface area (Å²) in [4.78, 5) is 2.96. The third kappa shape index (κ3) is 5.46. The van der Waals surface area contributed by atoms with Crippen molar-refractivity contribution in [2.45, 2.75) is 87.4 Å². The van der Waals surface area contributed by atoms with E-state index in [1.54, 1.807) is 0 Å². The second-order valence-electron chi connectivity index (χ2n) is 9.67. The molecule has 0 aromatic heterocycles. The normalized spacial score (nSPS) is 20.3. The van der Waals surface area contributed by atoms with E-state index >= 15 is 0 Å². The molecule has 3 aromatic carbocycles. The van der Waals surface area contributed by atoms with Gasteiger partial charge in [0.15, 0.2) is 0 Å². The topological polar surface area (TPSA) is 20.1 Å². The molecule has 0 unspecified atom stereocenters. The summed E-state index contributed by atoms with van der Waals surface area (Å²) in [5, 5.41) is 0. The van der Waals surface area contributed by atoms with Crippen molar-refractivity contribution >= 4 is 16.5 Å². The summed E-state index contributed by atoms with van der Waals surface area (Å²) in [6, 6.07) is 29.7. The van der Waals surface area contributed by atoms with Gasteiger partial charge in [-0.15, -0.1) is 0 Å². The summed E-state index contributed by atoms with van der Waals surface area (Å²) in [5.41, 5.74) is 3.62. The van der Waals surface area contributed by atoms with Crippen LogP contribution in [0.2, 0.25) is 0 Å². The number of para-hydroxylation sites is 1. The van der Waals surface area contributed by atoms with Crippen LogP contribution in [-0.4, -0.2) is 9.08 Å². The number of aryl methyl sites for hydroxylation is 1. The first-order valence-corrected chi connectivity index (χ1v) is 14.2. The van der Waals surface area contributed by atoms with Crippen LogP contribution in [0.1, 0.15) is 81.9 Å². The van der Waals surface area contributed by atoms with Crippen molar-refractivity contribution in [3.8, 4) is 0 Å². The Morgan fingerprint density at radius 3 is 1.91 bits per heavy atom. The van der Waals surface area contributed by atoms with E-state index in [4.69, 9.17) is 0 Å². The van der Waals surface area contributed by atoms with Crippen molar-refractivity contribution in [3.63, 3.8) is 0 Å². The molecule has 0 saturated carbocycles. The molecular weight excluding hydrogens is 434 g/mol. The third-order valence-electron chi connectivity index (χ3n) is 7.12. The minimum Gasteiger partial charge on any atom is -0.342 e. The summed E-state index contributed by atoms with van der Waals surface area (Å²) in [6.45, 7) is 4.36. The maximum Gasteiger partial charge on any atom is 0.146 e. The van der Waals surface area contributed by atoms with Crippen LogP contribution in [0.3, 0.4) is 0 Å². The van der Waals surface area contributed by atoms with Gasteiger partial charge in [0.1, 0.15) is 4.87 Å². The number of hydrogen-bond donors (Lipinski definition) is 0. The molecule has 3 aromatic rings. The van der Waals surface area contributed by atoms with Crippen LogP contribution in [0.5, 0.6) is 0 Å². The molecule has 0 radical (unpaired) electrons. The number of hydrogen-bond acceptors (Lipinski definition) is 2. The van der Waals surface area contributed by atoms with Crippen molar-refractivity contribution < 1.29 is 4.21 Å². The zero-order valence-corrected chi connectivity index (χ0v) is 21.6. The first-order valence-electron chi connectivity index (χ1n) is 13.1. The van der Waals surface area contributed by atoms with Crippen LogP contribution in [-0.2, 0) is 10.8 Å². The van der Waals surface area contributed by atoms with Crippen molar-refractivity contribution in [1.29, 1.82) is 0 Å². The van der Waals surface area contributed by atoms with Crippen LogP contribution in [0.15, 0.2) is 89.8 Å². The lowest BCUT2D eigenvalue weighted by Gasteiger charge is -2.19. The summed E-state index contributed by atoms with van der Waals surface area (Å²) in [7, 11) is -1.14. The third-order valence-corrected chi connectivity index (χ3v) is 9.09. The number of nitrogens with zero attached hydrogens (tertiary/aromatic N) is 1. The highest BCUT2D eigenvalue weighted by molar-refractivity contribution is 7.87. The predicted molar refractivity (Wildman–Crippen MR) is 146 cm³/mol. The maximum atomic E-state index is 14.3. The van der Waals surface area contributed by atoms with Gasteiger partial charge in [0.05, 0.1) is 16.8 Å². The van der Waals surface area contributed by atoms with E-state index in [1.165, 1.54) is 56.1 Å². The molecule has 180 valence electrons. The quantitative estimate of drug-likeness (QED) is 0.183. The van der Waals surface area contributed by atoms with Crippen molar-refractivity contribution in [2.24, 2.45) is 0 Å². The molecule has 0 N–H and O–H groups in total. The van der Waals surface area contributed by atoms with Crippen LogP contribution in [0, 0.1) is 6.92 Å². The molecule has 2 nitrogen and oxygen atoms in total. The standard InChI is InChI=1S/C31H39NOS/c1-3-4-5-6-7-8-9-16-25-31(34(33)29-23-21-26(2)22-24-29)30(27-17-12-10-13-18-27)32(31)28-19-14-11-15-20-28/h10-15,17-24,30H,3-9,16,25H2,1-2H3/t30-,31-,32?,34-/m1/s1. The molecule has 3 heteroatoms. The minimum atomic E-state index is -1.14. The van der Waals surface area contributed by atoms with Crippen LogP contribution in [0.25, 0.3) is 0 Å². The Bertz CT molecular complexity index is 987. The Labute approximate surface area is 208 Å². The molecule has 1 aliphatic heterocycles. The van der Waals surface area contributed by atoms with E-state index in [-0.39, 0.29) is 6.04 Å². The van der Waals surface area contributed by atoms with E-state index < -0.39 is 15.7 Å². The highest BCUT2D eigenvalue weighted by Crippen LogP contribution is 2.61. The zero-order valence-electron chi connectivity index (χ0n) is 20.8. The number of benzene rings is 3. The molecule has 0 amide bonds. The molecule has 1 saturated heterocycles. The molecule has 1 heterocycles. The van der Waals surface area contributed by atoms with Gasteiger partial charge in [-0.25, -0.2) is 0 Å². The smallest absolute Gasteiger partial charge is 0.146 e. The molecule has 4 rings (SSSR count). The summed E-state index contributed by atoms with van der Waals surface area (Å²) in [5.74, 6) is 0. The summed E-state index contributed by atoms with van der Waals surface area (Å²) in [6.07, 6.45) is 11.2. The fourth-order valence-corrected chi connectivity index (χ4v) is 7.14. The van der Waals surface area contributed by atoms with E-state index in [1.807, 2.05) is 0 Å². The van der Waals surface area contributed by atoms with Gasteiger partial charge in [-0.05, 0) is 43.2 Å². The summed E-state index contributed by atoms with van der Waals surface area (Å²) < 4.78 is 14.3. The fraction of sp³-hybridized carbons (Fsp3) is 0.419. The van der Waals surface area contributed by atoms with E-state index in [0.717, 1.165) is 23.4 Å². The van der Waals surface area contributed by atoms with E-state index in [2.05, 4.69) is 104 Å². The lowest BCUT2D eigenvalue weighted by atomic mass is 10.0. The Kier molecular flexibility index (Phi) is 8.61. The van der Waals surface area contributed by atoms with Crippen molar-refractivity contribution in [1.82, 2.24) is 0 Å². The SMILES string of the molecule is CCCCCCCCCC[C@@]1([S@](=O)c2ccc(C)cc2)[C@@H](c2ccccc2)N1c1ccccc1. The number of unbranched alkanes of at least 4 members (excludes halogenated alkanes) is 7. The molecule has 1 aliphatic rings.